The van der Waals surface area contributed by atoms with E-state index in [-0.39, 0.29) is 17.7 Å². The van der Waals surface area contributed by atoms with E-state index in [1.165, 1.54) is 0 Å². The summed E-state index contributed by atoms with van der Waals surface area (Å²) in [4.78, 5) is 13.8. The van der Waals surface area contributed by atoms with Crippen molar-refractivity contribution in [2.75, 3.05) is 32.0 Å². The normalized spacial score (nSPS) is 21.1. The number of benzene rings is 3. The van der Waals surface area contributed by atoms with E-state index in [0.717, 1.165) is 28.2 Å². The van der Waals surface area contributed by atoms with E-state index in [9.17, 15) is 4.79 Å². The van der Waals surface area contributed by atoms with E-state index >= 15 is 0 Å². The van der Waals surface area contributed by atoms with E-state index in [1.54, 1.807) is 21.3 Å². The van der Waals surface area contributed by atoms with Gasteiger partial charge in [-0.05, 0) is 23.8 Å². The number of nitrogens with one attached hydrogen (secondary N) is 2. The van der Waals surface area contributed by atoms with Crippen LogP contribution in [0.2, 0.25) is 0 Å². The lowest BCUT2D eigenvalue weighted by molar-refractivity contribution is -0.122. The number of methoxy groups -OCH3 is 3. The number of Topliss-reactive ketones (excluding diaryl/α,β-unsaturated/α-hetero) is 1. The van der Waals surface area contributed by atoms with E-state index in [4.69, 9.17) is 14.2 Å². The minimum Gasteiger partial charge on any atom is -0.496 e. The molecule has 34 heavy (non-hydrogen) atoms. The van der Waals surface area contributed by atoms with E-state index in [2.05, 4.69) is 28.8 Å². The maximum Gasteiger partial charge on any atom is 0.164 e. The molecular weight excluding hydrogens is 428 g/mol. The maximum absolute atomic E-state index is 13.8. The van der Waals surface area contributed by atoms with Gasteiger partial charge in [0.15, 0.2) is 11.5 Å². The smallest absolute Gasteiger partial charge is 0.164 e. The Hall–Kier alpha value is -3.93. The molecule has 1 aliphatic carbocycles. The largest absolute Gasteiger partial charge is 0.496 e. The first kappa shape index (κ1) is 21.9. The van der Waals surface area contributed by atoms with Gasteiger partial charge in [0.25, 0.3) is 0 Å². The molecule has 1 aliphatic heterocycles. The number of ketones is 1. The molecule has 174 valence electrons. The predicted molar refractivity (Wildman–Crippen MR) is 133 cm³/mol. The monoisotopic (exact) mass is 456 g/mol. The number of fused-ring (bicyclic) bond motifs is 2. The first-order valence-corrected chi connectivity index (χ1v) is 11.3. The molecular formula is C28H28N2O4. The number of hydrogen-bond donors (Lipinski definition) is 2. The summed E-state index contributed by atoms with van der Waals surface area (Å²) in [6.07, 6.45) is 2.63. The molecule has 0 saturated heterocycles. The summed E-state index contributed by atoms with van der Waals surface area (Å²) >= 11 is 0. The highest BCUT2D eigenvalue weighted by atomic mass is 16.5. The highest BCUT2D eigenvalue weighted by Gasteiger charge is 2.41. The van der Waals surface area contributed by atoms with Gasteiger partial charge in [-0.25, -0.2) is 0 Å². The lowest BCUT2D eigenvalue weighted by Crippen LogP contribution is -2.34. The molecule has 6 nitrogen and oxygen atoms in total. The molecule has 0 amide bonds. The second-order valence-corrected chi connectivity index (χ2v) is 8.53. The first-order valence-electron chi connectivity index (χ1n) is 11.3. The molecule has 3 aromatic rings. The Bertz CT molecular complexity index is 1240. The van der Waals surface area contributed by atoms with Gasteiger partial charge >= 0.3 is 0 Å². The fourth-order valence-corrected chi connectivity index (χ4v) is 4.97. The van der Waals surface area contributed by atoms with Crippen molar-refractivity contribution in [3.63, 3.8) is 0 Å². The number of para-hydroxylation sites is 2. The van der Waals surface area contributed by atoms with Crippen LogP contribution in [0.15, 0.2) is 78.5 Å². The molecule has 0 spiro atoms. The minimum atomic E-state index is -0.417. The van der Waals surface area contributed by atoms with Crippen LogP contribution in [0.5, 0.6) is 17.2 Å². The molecule has 0 saturated carbocycles. The third kappa shape index (κ3) is 3.85. The second-order valence-electron chi connectivity index (χ2n) is 8.53. The van der Waals surface area contributed by atoms with Gasteiger partial charge < -0.3 is 24.8 Å². The number of hydrogen-bond acceptors (Lipinski definition) is 6. The third-order valence-corrected chi connectivity index (χ3v) is 6.63. The van der Waals surface area contributed by atoms with Crippen molar-refractivity contribution >= 4 is 17.2 Å². The number of carbonyl (C=O) groups excluding carboxylic acids is 1. The molecule has 1 heterocycles. The van der Waals surface area contributed by atoms with Crippen LogP contribution in [-0.4, -0.2) is 27.1 Å². The predicted octanol–water partition coefficient (Wildman–Crippen LogP) is 5.55. The van der Waals surface area contributed by atoms with Gasteiger partial charge in [0.2, 0.25) is 0 Å². The van der Waals surface area contributed by atoms with Crippen LogP contribution in [0.25, 0.3) is 0 Å². The van der Waals surface area contributed by atoms with Gasteiger partial charge in [0.1, 0.15) is 11.5 Å². The molecule has 0 bridgehead atoms. The molecule has 0 fully saturated rings. The van der Waals surface area contributed by atoms with Gasteiger partial charge in [0.05, 0.1) is 44.7 Å². The fraction of sp³-hybridized carbons (Fsp3) is 0.250. The summed E-state index contributed by atoms with van der Waals surface area (Å²) in [7, 11) is 4.82. The Morgan fingerprint density at radius 2 is 1.44 bits per heavy atom. The number of allylic oxidation sites excluding steroid dienone is 1. The molecule has 0 aromatic heterocycles. The van der Waals surface area contributed by atoms with Crippen molar-refractivity contribution in [2.24, 2.45) is 5.92 Å². The lowest BCUT2D eigenvalue weighted by Gasteiger charge is -2.33. The first-order chi connectivity index (χ1) is 16.6. The fourth-order valence-electron chi connectivity index (χ4n) is 4.97. The van der Waals surface area contributed by atoms with Crippen molar-refractivity contribution in [3.8, 4) is 17.2 Å². The second kappa shape index (κ2) is 9.14. The average molecular weight is 457 g/mol. The molecule has 3 atom stereocenters. The average Bonchev–Trinajstić information content (AvgIpc) is 3.05. The lowest BCUT2D eigenvalue weighted by atomic mass is 9.76. The van der Waals surface area contributed by atoms with Gasteiger partial charge in [-0.1, -0.05) is 48.5 Å². The van der Waals surface area contributed by atoms with E-state index in [1.807, 2.05) is 54.6 Å². The van der Waals surface area contributed by atoms with Gasteiger partial charge in [0, 0.05) is 29.7 Å². The van der Waals surface area contributed by atoms with Crippen LogP contribution in [-0.2, 0) is 4.79 Å². The highest BCUT2D eigenvalue weighted by molar-refractivity contribution is 5.90. The Balaban J connectivity index is 1.67. The van der Waals surface area contributed by atoms with Crippen LogP contribution in [0, 0.1) is 5.92 Å². The topological polar surface area (TPSA) is 68.8 Å². The van der Waals surface area contributed by atoms with Crippen LogP contribution < -0.4 is 24.8 Å². The minimum absolute atomic E-state index is 0.0191. The molecule has 6 heteroatoms. The van der Waals surface area contributed by atoms with Gasteiger partial charge in [-0.2, -0.15) is 0 Å². The van der Waals surface area contributed by atoms with E-state index < -0.39 is 5.92 Å². The van der Waals surface area contributed by atoms with Crippen molar-refractivity contribution in [2.45, 2.75) is 18.4 Å². The summed E-state index contributed by atoms with van der Waals surface area (Å²) in [5, 5.41) is 7.18. The number of ether oxygens (including phenoxy) is 3. The zero-order valence-electron chi connectivity index (χ0n) is 19.5. The summed E-state index contributed by atoms with van der Waals surface area (Å²) in [6, 6.07) is 21.5. The standard InChI is InChI=1S/C28H28N2O4/c1-32-24-16-26(34-3)25(33-2)15-19(24)28-27-22(29-20-11-7-8-12-21(20)30-28)13-18(14-23(27)31)17-9-5-4-6-10-17/h4-13,15-16,18,27-30H,14H2,1-3H3. The summed E-state index contributed by atoms with van der Waals surface area (Å²) in [6.45, 7) is 0. The summed E-state index contributed by atoms with van der Waals surface area (Å²) in [5.41, 5.74) is 4.71. The molecule has 3 aromatic carbocycles. The maximum atomic E-state index is 13.8. The quantitative estimate of drug-likeness (QED) is 0.525. The molecule has 2 aliphatic rings. The van der Waals surface area contributed by atoms with Crippen LogP contribution in [0.1, 0.15) is 29.5 Å². The zero-order valence-corrected chi connectivity index (χ0v) is 19.5. The molecule has 5 rings (SSSR count). The number of rotatable bonds is 5. The Kier molecular flexibility index (Phi) is 5.88. The SMILES string of the molecule is COc1cc(OC)c(C2Nc3ccccc3NC3=CC(c4ccccc4)CC(=O)C32)cc1OC. The summed E-state index contributed by atoms with van der Waals surface area (Å²) < 4.78 is 16.8. The Labute approximate surface area is 199 Å². The number of anilines is 2. The van der Waals surface area contributed by atoms with Gasteiger partial charge in [-0.15, -0.1) is 0 Å². The zero-order chi connectivity index (χ0) is 23.7. The molecule has 0 radical (unpaired) electrons. The van der Waals surface area contributed by atoms with Crippen LogP contribution in [0.4, 0.5) is 11.4 Å². The Morgan fingerprint density at radius 1 is 0.794 bits per heavy atom. The van der Waals surface area contributed by atoms with Crippen LogP contribution >= 0.6 is 0 Å². The van der Waals surface area contributed by atoms with Gasteiger partial charge in [-0.3, -0.25) is 4.79 Å². The summed E-state index contributed by atoms with van der Waals surface area (Å²) in [5.74, 6) is 1.56. The highest BCUT2D eigenvalue weighted by Crippen LogP contribution is 2.48. The van der Waals surface area contributed by atoms with Crippen molar-refractivity contribution in [3.05, 3.63) is 89.6 Å². The van der Waals surface area contributed by atoms with E-state index in [0.29, 0.717) is 23.7 Å². The third-order valence-electron chi connectivity index (χ3n) is 6.63. The van der Waals surface area contributed by atoms with Crippen molar-refractivity contribution in [1.82, 2.24) is 0 Å². The van der Waals surface area contributed by atoms with Crippen molar-refractivity contribution in [1.29, 1.82) is 0 Å². The number of carbonyl (C=O) groups is 1. The Morgan fingerprint density at radius 3 is 2.15 bits per heavy atom. The van der Waals surface area contributed by atoms with Crippen LogP contribution in [0.3, 0.4) is 0 Å². The van der Waals surface area contributed by atoms with Crippen molar-refractivity contribution < 1.29 is 19.0 Å². The molecule has 3 unspecified atom stereocenters. The molecule has 2 N–H and O–H groups in total.